The van der Waals surface area contributed by atoms with E-state index in [4.69, 9.17) is 11.6 Å². The molecule has 0 spiro atoms. The van der Waals surface area contributed by atoms with Crippen molar-refractivity contribution in [2.75, 3.05) is 23.7 Å². The Kier molecular flexibility index (Phi) is 6.35. The van der Waals surface area contributed by atoms with E-state index >= 15 is 0 Å². The lowest BCUT2D eigenvalue weighted by atomic mass is 9.85. The van der Waals surface area contributed by atoms with Gasteiger partial charge in [0.1, 0.15) is 0 Å². The van der Waals surface area contributed by atoms with Gasteiger partial charge in [-0.05, 0) is 55.2 Å². The first-order chi connectivity index (χ1) is 13.0. The molecule has 0 radical (unpaired) electrons. The van der Waals surface area contributed by atoms with Crippen LogP contribution in [-0.4, -0.2) is 29.9 Å². The molecule has 2 aromatic rings. The minimum absolute atomic E-state index is 0.00418. The SMILES string of the molecule is C[C@H](C(=O)Nc1ccc(Cl)cc1)C1CCN(C(=O)Nc2ccccc2)CC1. The Balaban J connectivity index is 1.48. The van der Waals surface area contributed by atoms with Gasteiger partial charge in [0.15, 0.2) is 0 Å². The van der Waals surface area contributed by atoms with E-state index < -0.39 is 0 Å². The zero-order valence-electron chi connectivity index (χ0n) is 15.3. The van der Waals surface area contributed by atoms with Crippen LogP contribution >= 0.6 is 11.6 Å². The average Bonchev–Trinajstić information content (AvgIpc) is 2.70. The zero-order chi connectivity index (χ0) is 19.2. The van der Waals surface area contributed by atoms with Gasteiger partial charge in [-0.25, -0.2) is 4.79 Å². The summed E-state index contributed by atoms with van der Waals surface area (Å²) in [5.41, 5.74) is 1.54. The second-order valence-corrected chi connectivity index (χ2v) is 7.34. The first kappa shape index (κ1) is 19.2. The van der Waals surface area contributed by atoms with Crippen LogP contribution in [0.4, 0.5) is 16.2 Å². The maximum absolute atomic E-state index is 12.5. The molecule has 0 bridgehead atoms. The lowest BCUT2D eigenvalue weighted by Gasteiger charge is -2.34. The van der Waals surface area contributed by atoms with E-state index in [0.717, 1.165) is 24.2 Å². The first-order valence-corrected chi connectivity index (χ1v) is 9.58. The van der Waals surface area contributed by atoms with Crippen molar-refractivity contribution in [2.45, 2.75) is 19.8 Å². The summed E-state index contributed by atoms with van der Waals surface area (Å²) in [4.78, 5) is 26.7. The summed E-state index contributed by atoms with van der Waals surface area (Å²) in [6, 6.07) is 16.5. The maximum atomic E-state index is 12.5. The third-order valence-electron chi connectivity index (χ3n) is 5.08. The molecular formula is C21H24ClN3O2. The van der Waals surface area contributed by atoms with E-state index in [0.29, 0.717) is 18.1 Å². The second-order valence-electron chi connectivity index (χ2n) is 6.91. The fraction of sp³-hybridized carbons (Fsp3) is 0.333. The summed E-state index contributed by atoms with van der Waals surface area (Å²) >= 11 is 5.87. The van der Waals surface area contributed by atoms with Gasteiger partial charge in [0.25, 0.3) is 0 Å². The summed E-state index contributed by atoms with van der Waals surface area (Å²) in [6.07, 6.45) is 1.63. The highest BCUT2D eigenvalue weighted by molar-refractivity contribution is 6.30. The van der Waals surface area contributed by atoms with Gasteiger partial charge in [0, 0.05) is 35.4 Å². The lowest BCUT2D eigenvalue weighted by molar-refractivity contribution is -0.121. The third kappa shape index (κ3) is 5.23. The van der Waals surface area contributed by atoms with Crippen LogP contribution in [0, 0.1) is 11.8 Å². The van der Waals surface area contributed by atoms with E-state index in [9.17, 15) is 9.59 Å². The van der Waals surface area contributed by atoms with Gasteiger partial charge < -0.3 is 15.5 Å². The number of amides is 3. The Morgan fingerprint density at radius 2 is 1.56 bits per heavy atom. The average molecular weight is 386 g/mol. The normalized spacial score (nSPS) is 15.9. The number of rotatable bonds is 4. The van der Waals surface area contributed by atoms with Gasteiger partial charge in [-0.2, -0.15) is 0 Å². The molecule has 0 aliphatic carbocycles. The van der Waals surface area contributed by atoms with Crippen molar-refractivity contribution >= 4 is 34.9 Å². The number of nitrogens with zero attached hydrogens (tertiary/aromatic N) is 1. The topological polar surface area (TPSA) is 61.4 Å². The smallest absolute Gasteiger partial charge is 0.321 e. The van der Waals surface area contributed by atoms with Gasteiger partial charge in [-0.15, -0.1) is 0 Å². The van der Waals surface area contributed by atoms with E-state index in [-0.39, 0.29) is 23.8 Å². The number of anilines is 2. The minimum atomic E-state index is -0.111. The number of carbonyl (C=O) groups is 2. The standard InChI is InChI=1S/C21H24ClN3O2/c1-15(20(26)23-19-9-7-17(22)8-10-19)16-11-13-25(14-12-16)21(27)24-18-5-3-2-4-6-18/h2-10,15-16H,11-14H2,1H3,(H,23,26)(H,24,27)/t15-/m0/s1. The molecule has 0 aromatic heterocycles. The summed E-state index contributed by atoms with van der Waals surface area (Å²) < 4.78 is 0. The Bertz CT molecular complexity index is 772. The molecule has 0 unspecified atom stereocenters. The number of urea groups is 1. The van der Waals surface area contributed by atoms with Gasteiger partial charge in [-0.1, -0.05) is 36.7 Å². The maximum Gasteiger partial charge on any atom is 0.321 e. The van der Waals surface area contributed by atoms with E-state index in [2.05, 4.69) is 10.6 Å². The van der Waals surface area contributed by atoms with Crippen LogP contribution in [0.1, 0.15) is 19.8 Å². The summed E-state index contributed by atoms with van der Waals surface area (Å²) in [5.74, 6) is 0.155. The number of halogens is 1. The lowest BCUT2D eigenvalue weighted by Crippen LogP contribution is -2.43. The molecule has 2 N–H and O–H groups in total. The molecule has 0 saturated carbocycles. The van der Waals surface area contributed by atoms with Crippen LogP contribution < -0.4 is 10.6 Å². The summed E-state index contributed by atoms with van der Waals surface area (Å²) in [7, 11) is 0. The number of piperidine rings is 1. The van der Waals surface area contributed by atoms with Crippen molar-refractivity contribution < 1.29 is 9.59 Å². The molecule has 3 rings (SSSR count). The van der Waals surface area contributed by atoms with Crippen molar-refractivity contribution in [2.24, 2.45) is 11.8 Å². The highest BCUT2D eigenvalue weighted by Gasteiger charge is 2.29. The number of carbonyl (C=O) groups excluding carboxylic acids is 2. The summed E-state index contributed by atoms with van der Waals surface area (Å²) in [5, 5.41) is 6.50. The summed E-state index contributed by atoms with van der Waals surface area (Å²) in [6.45, 7) is 3.26. The molecular weight excluding hydrogens is 362 g/mol. The third-order valence-corrected chi connectivity index (χ3v) is 5.34. The molecule has 27 heavy (non-hydrogen) atoms. The van der Waals surface area contributed by atoms with Crippen molar-refractivity contribution in [3.8, 4) is 0 Å². The Hall–Kier alpha value is -2.53. The van der Waals surface area contributed by atoms with Crippen molar-refractivity contribution in [1.82, 2.24) is 4.90 Å². The van der Waals surface area contributed by atoms with Gasteiger partial charge in [0.05, 0.1) is 0 Å². The van der Waals surface area contributed by atoms with Crippen LogP contribution in [0.25, 0.3) is 0 Å². The second kappa shape index (κ2) is 8.91. The number of hydrogen-bond acceptors (Lipinski definition) is 2. The quantitative estimate of drug-likeness (QED) is 0.789. The van der Waals surface area contributed by atoms with E-state index in [1.165, 1.54) is 0 Å². The fourth-order valence-electron chi connectivity index (χ4n) is 3.33. The number of benzene rings is 2. The fourth-order valence-corrected chi connectivity index (χ4v) is 3.46. The van der Waals surface area contributed by atoms with E-state index in [1.54, 1.807) is 24.3 Å². The molecule has 6 heteroatoms. The van der Waals surface area contributed by atoms with Gasteiger partial charge >= 0.3 is 6.03 Å². The van der Waals surface area contributed by atoms with Crippen molar-refractivity contribution in [1.29, 1.82) is 0 Å². The molecule has 5 nitrogen and oxygen atoms in total. The number of para-hydroxylation sites is 1. The molecule has 1 aliphatic rings. The van der Waals surface area contributed by atoms with Crippen molar-refractivity contribution in [3.63, 3.8) is 0 Å². The van der Waals surface area contributed by atoms with Crippen LogP contribution in [0.2, 0.25) is 5.02 Å². The zero-order valence-corrected chi connectivity index (χ0v) is 16.1. The largest absolute Gasteiger partial charge is 0.326 e. The number of hydrogen-bond donors (Lipinski definition) is 2. The number of nitrogens with one attached hydrogen (secondary N) is 2. The predicted molar refractivity (Wildman–Crippen MR) is 109 cm³/mol. The van der Waals surface area contributed by atoms with Crippen LogP contribution in [-0.2, 0) is 4.79 Å². The first-order valence-electron chi connectivity index (χ1n) is 9.20. The monoisotopic (exact) mass is 385 g/mol. The molecule has 1 atom stereocenters. The number of likely N-dealkylation sites (tertiary alicyclic amines) is 1. The van der Waals surface area contributed by atoms with Gasteiger partial charge in [-0.3, -0.25) is 4.79 Å². The molecule has 1 aliphatic heterocycles. The Morgan fingerprint density at radius 1 is 0.963 bits per heavy atom. The highest BCUT2D eigenvalue weighted by Crippen LogP contribution is 2.26. The molecule has 2 aromatic carbocycles. The molecule has 1 fully saturated rings. The molecule has 1 heterocycles. The Morgan fingerprint density at radius 3 is 2.19 bits per heavy atom. The predicted octanol–water partition coefficient (Wildman–Crippen LogP) is 4.86. The van der Waals surface area contributed by atoms with Crippen molar-refractivity contribution in [3.05, 3.63) is 59.6 Å². The minimum Gasteiger partial charge on any atom is -0.326 e. The Labute approximate surface area is 164 Å². The van der Waals surface area contributed by atoms with Crippen LogP contribution in [0.3, 0.4) is 0 Å². The molecule has 3 amide bonds. The molecule has 1 saturated heterocycles. The molecule has 142 valence electrons. The van der Waals surface area contributed by atoms with Crippen LogP contribution in [0.5, 0.6) is 0 Å². The van der Waals surface area contributed by atoms with Crippen LogP contribution in [0.15, 0.2) is 54.6 Å². The highest BCUT2D eigenvalue weighted by atomic mass is 35.5. The van der Waals surface area contributed by atoms with Gasteiger partial charge in [0.2, 0.25) is 5.91 Å². The van der Waals surface area contributed by atoms with E-state index in [1.807, 2.05) is 42.2 Å².